The summed E-state index contributed by atoms with van der Waals surface area (Å²) < 4.78 is 11.6. The monoisotopic (exact) mass is 454 g/mol. The van der Waals surface area contributed by atoms with E-state index in [0.717, 1.165) is 38.4 Å². The predicted molar refractivity (Wildman–Crippen MR) is 133 cm³/mol. The molecular formula is C28H26N2O4. The van der Waals surface area contributed by atoms with Crippen molar-refractivity contribution in [1.82, 2.24) is 4.90 Å². The molecule has 4 aromatic rings. The lowest BCUT2D eigenvalue weighted by Gasteiger charge is -2.26. The number of nitrogens with zero attached hydrogens (tertiary/aromatic N) is 1. The Balaban J connectivity index is 1.42. The van der Waals surface area contributed by atoms with Gasteiger partial charge in [-0.15, -0.1) is 0 Å². The van der Waals surface area contributed by atoms with Crippen molar-refractivity contribution in [2.75, 3.05) is 31.6 Å². The lowest BCUT2D eigenvalue weighted by atomic mass is 10.0. The third-order valence-electron chi connectivity index (χ3n) is 6.15. The molecule has 1 fully saturated rings. The number of para-hydroxylation sites is 1. The molecule has 1 N–H and O–H groups in total. The molecule has 6 nitrogen and oxygen atoms in total. The van der Waals surface area contributed by atoms with Gasteiger partial charge in [0.25, 0.3) is 5.91 Å². The SMILES string of the molecule is Cc1c(-c2ccccc2)oc2c(C(=O)Nc3ccc(CN4CCOCC4)cc3)cccc2c1=O. The second kappa shape index (κ2) is 9.63. The van der Waals surface area contributed by atoms with Gasteiger partial charge in [-0.05, 0) is 36.8 Å². The third-order valence-corrected chi connectivity index (χ3v) is 6.15. The van der Waals surface area contributed by atoms with Crippen molar-refractivity contribution in [2.45, 2.75) is 13.5 Å². The number of fused-ring (bicyclic) bond motifs is 1. The lowest BCUT2D eigenvalue weighted by Crippen LogP contribution is -2.35. The molecule has 2 heterocycles. The highest BCUT2D eigenvalue weighted by atomic mass is 16.5. The minimum absolute atomic E-state index is 0.137. The average molecular weight is 455 g/mol. The van der Waals surface area contributed by atoms with Crippen LogP contribution in [0.15, 0.2) is 82.0 Å². The molecule has 172 valence electrons. The van der Waals surface area contributed by atoms with E-state index in [1.54, 1.807) is 25.1 Å². The summed E-state index contributed by atoms with van der Waals surface area (Å²) in [6.07, 6.45) is 0. The van der Waals surface area contributed by atoms with Gasteiger partial charge in [-0.3, -0.25) is 14.5 Å². The second-order valence-electron chi connectivity index (χ2n) is 8.47. The Morgan fingerprint density at radius 3 is 2.41 bits per heavy atom. The minimum atomic E-state index is -0.322. The Bertz CT molecular complexity index is 1370. The predicted octanol–water partition coefficient (Wildman–Crippen LogP) is 4.85. The third kappa shape index (κ3) is 4.51. The van der Waals surface area contributed by atoms with Crippen molar-refractivity contribution in [3.05, 3.63) is 99.7 Å². The van der Waals surface area contributed by atoms with Gasteiger partial charge in [0.15, 0.2) is 11.0 Å². The van der Waals surface area contributed by atoms with Crippen LogP contribution in [-0.4, -0.2) is 37.1 Å². The number of hydrogen-bond acceptors (Lipinski definition) is 5. The summed E-state index contributed by atoms with van der Waals surface area (Å²) in [6, 6.07) is 22.4. The lowest BCUT2D eigenvalue weighted by molar-refractivity contribution is 0.0342. The van der Waals surface area contributed by atoms with Gasteiger partial charge in [-0.25, -0.2) is 0 Å². The summed E-state index contributed by atoms with van der Waals surface area (Å²) in [5.74, 6) is 0.156. The highest BCUT2D eigenvalue weighted by molar-refractivity contribution is 6.11. The van der Waals surface area contributed by atoms with Crippen molar-refractivity contribution in [1.29, 1.82) is 0 Å². The number of amides is 1. The molecule has 5 rings (SSSR count). The van der Waals surface area contributed by atoms with Crippen molar-refractivity contribution >= 4 is 22.6 Å². The topological polar surface area (TPSA) is 71.8 Å². The number of carbonyl (C=O) groups excluding carboxylic acids is 1. The number of hydrogen-bond donors (Lipinski definition) is 1. The van der Waals surface area contributed by atoms with E-state index >= 15 is 0 Å². The van der Waals surface area contributed by atoms with Crippen molar-refractivity contribution in [2.24, 2.45) is 0 Å². The van der Waals surface area contributed by atoms with Gasteiger partial charge in [0.1, 0.15) is 5.76 Å². The van der Waals surface area contributed by atoms with Crippen molar-refractivity contribution in [3.63, 3.8) is 0 Å². The summed E-state index contributed by atoms with van der Waals surface area (Å²) >= 11 is 0. The largest absolute Gasteiger partial charge is 0.455 e. The van der Waals surface area contributed by atoms with E-state index in [1.165, 1.54) is 5.56 Å². The zero-order chi connectivity index (χ0) is 23.5. The zero-order valence-electron chi connectivity index (χ0n) is 19.0. The maximum Gasteiger partial charge on any atom is 0.259 e. The summed E-state index contributed by atoms with van der Waals surface area (Å²) in [5, 5.41) is 3.33. The fourth-order valence-electron chi connectivity index (χ4n) is 4.26. The smallest absolute Gasteiger partial charge is 0.259 e. The molecule has 0 aliphatic carbocycles. The number of anilines is 1. The van der Waals surface area contributed by atoms with Crippen LogP contribution in [0.2, 0.25) is 0 Å². The first-order chi connectivity index (χ1) is 16.6. The van der Waals surface area contributed by atoms with Crippen LogP contribution in [-0.2, 0) is 11.3 Å². The number of ether oxygens (including phenoxy) is 1. The van der Waals surface area contributed by atoms with E-state index in [4.69, 9.17) is 9.15 Å². The first-order valence-corrected chi connectivity index (χ1v) is 11.4. The Kier molecular flexibility index (Phi) is 6.25. The first-order valence-electron chi connectivity index (χ1n) is 11.4. The molecule has 1 aliphatic heterocycles. The molecule has 0 bridgehead atoms. The van der Waals surface area contributed by atoms with Gasteiger partial charge in [0.2, 0.25) is 0 Å². The van der Waals surface area contributed by atoms with Gasteiger partial charge in [0, 0.05) is 36.4 Å². The molecule has 1 amide bonds. The quantitative estimate of drug-likeness (QED) is 0.467. The summed E-state index contributed by atoms with van der Waals surface area (Å²) in [5.41, 5.74) is 3.66. The highest BCUT2D eigenvalue weighted by Gasteiger charge is 2.18. The van der Waals surface area contributed by atoms with E-state index in [0.29, 0.717) is 33.5 Å². The van der Waals surface area contributed by atoms with Crippen molar-refractivity contribution < 1.29 is 13.9 Å². The van der Waals surface area contributed by atoms with Gasteiger partial charge in [-0.2, -0.15) is 0 Å². The summed E-state index contributed by atoms with van der Waals surface area (Å²) in [6.45, 7) is 5.98. The van der Waals surface area contributed by atoms with Crippen LogP contribution in [0.4, 0.5) is 5.69 Å². The molecule has 1 aliphatic rings. The molecule has 0 radical (unpaired) electrons. The molecule has 34 heavy (non-hydrogen) atoms. The number of morpholine rings is 1. The number of rotatable bonds is 5. The molecule has 1 saturated heterocycles. The highest BCUT2D eigenvalue weighted by Crippen LogP contribution is 2.27. The van der Waals surface area contributed by atoms with Crippen LogP contribution < -0.4 is 10.7 Å². The van der Waals surface area contributed by atoms with Gasteiger partial charge < -0.3 is 14.5 Å². The van der Waals surface area contributed by atoms with E-state index in [9.17, 15) is 9.59 Å². The second-order valence-corrected chi connectivity index (χ2v) is 8.47. The van der Waals surface area contributed by atoms with Crippen LogP contribution in [0.5, 0.6) is 0 Å². The molecule has 0 spiro atoms. The Hall–Kier alpha value is -3.74. The fraction of sp³-hybridized carbons (Fsp3) is 0.214. The normalized spacial score (nSPS) is 14.3. The molecule has 0 saturated carbocycles. The van der Waals surface area contributed by atoms with Crippen LogP contribution in [0, 0.1) is 6.92 Å². The summed E-state index contributed by atoms with van der Waals surface area (Å²) in [4.78, 5) is 28.6. The number of benzene rings is 3. The molecular weight excluding hydrogens is 428 g/mol. The van der Waals surface area contributed by atoms with Gasteiger partial charge in [-0.1, -0.05) is 48.5 Å². The Morgan fingerprint density at radius 1 is 0.941 bits per heavy atom. The first kappa shape index (κ1) is 22.1. The fourth-order valence-corrected chi connectivity index (χ4v) is 4.26. The Labute approximate surface area is 197 Å². The molecule has 0 unspecified atom stereocenters. The van der Waals surface area contributed by atoms with Crippen LogP contribution in [0.3, 0.4) is 0 Å². The maximum atomic E-state index is 13.2. The Morgan fingerprint density at radius 2 is 1.68 bits per heavy atom. The van der Waals surface area contributed by atoms with E-state index in [-0.39, 0.29) is 11.3 Å². The van der Waals surface area contributed by atoms with E-state index in [1.807, 2.05) is 54.6 Å². The molecule has 1 aromatic heterocycles. The molecule has 3 aromatic carbocycles. The van der Waals surface area contributed by atoms with Crippen molar-refractivity contribution in [3.8, 4) is 11.3 Å². The van der Waals surface area contributed by atoms with Crippen LogP contribution in [0.25, 0.3) is 22.3 Å². The molecule has 0 atom stereocenters. The van der Waals surface area contributed by atoms with Crippen LogP contribution in [0.1, 0.15) is 21.5 Å². The molecule has 6 heteroatoms. The van der Waals surface area contributed by atoms with Gasteiger partial charge in [0.05, 0.1) is 24.2 Å². The zero-order valence-corrected chi connectivity index (χ0v) is 19.0. The average Bonchev–Trinajstić information content (AvgIpc) is 2.88. The summed E-state index contributed by atoms with van der Waals surface area (Å²) in [7, 11) is 0. The van der Waals surface area contributed by atoms with Crippen LogP contribution >= 0.6 is 0 Å². The van der Waals surface area contributed by atoms with E-state index < -0.39 is 0 Å². The maximum absolute atomic E-state index is 13.2. The standard InChI is InChI=1S/C28H26N2O4/c1-19-25(31)23-8-5-9-24(27(23)34-26(19)21-6-3-2-4-7-21)28(32)29-22-12-10-20(11-13-22)18-30-14-16-33-17-15-30/h2-13H,14-18H2,1H3,(H,29,32). The number of nitrogens with one attached hydrogen (secondary N) is 1. The number of carbonyl (C=O) groups is 1. The van der Waals surface area contributed by atoms with E-state index in [2.05, 4.69) is 10.2 Å². The minimum Gasteiger partial charge on any atom is -0.455 e. The van der Waals surface area contributed by atoms with Gasteiger partial charge >= 0.3 is 0 Å².